The van der Waals surface area contributed by atoms with Gasteiger partial charge in [0, 0.05) is 45.1 Å². The Bertz CT molecular complexity index is 4470. The number of benzene rings is 11. The van der Waals surface area contributed by atoms with Crippen molar-refractivity contribution < 1.29 is 4.74 Å². The summed E-state index contributed by atoms with van der Waals surface area (Å²) in [7, 11) is 0. The van der Waals surface area contributed by atoms with Crippen molar-refractivity contribution in [2.45, 2.75) is 87.0 Å². The van der Waals surface area contributed by atoms with E-state index in [0.29, 0.717) is 5.92 Å². The van der Waals surface area contributed by atoms with E-state index in [4.69, 9.17) is 4.74 Å². The first-order valence-corrected chi connectivity index (χ1v) is 29.8. The van der Waals surface area contributed by atoms with Gasteiger partial charge in [-0.1, -0.05) is 215 Å². The van der Waals surface area contributed by atoms with Crippen molar-refractivity contribution >= 4 is 110 Å². The lowest BCUT2D eigenvalue weighted by Gasteiger charge is -2.33. The van der Waals surface area contributed by atoms with Gasteiger partial charge < -0.3 is 13.9 Å². The van der Waals surface area contributed by atoms with E-state index in [1.165, 1.54) is 120 Å². The van der Waals surface area contributed by atoms with Crippen LogP contribution in [-0.2, 0) is 0 Å². The molecule has 0 N–H and O–H groups in total. The van der Waals surface area contributed by atoms with Gasteiger partial charge in [-0.25, -0.2) is 0 Å². The highest BCUT2D eigenvalue weighted by atomic mass is 16.5. The Morgan fingerprint density at radius 3 is 0.867 bits per heavy atom. The molecular weight excluding hydrogens is 1000 g/mol. The molecule has 0 saturated carbocycles. The van der Waals surface area contributed by atoms with Gasteiger partial charge in [0.2, 0.25) is 0 Å². The van der Waals surface area contributed by atoms with Crippen LogP contribution in [0.15, 0.2) is 218 Å². The SMILES string of the molecule is Cc1ccc2c(c1)c1ccccc1c1ccccc1c1cc(C)ccc1n2-c1ccc2c(c1)Oc1cc(-n3c4ccc(C)cc4c4ccccc4c4ccccc4c4cc(C)ccc43)ccc1B2c1c(C(C)C)cc(C(C)C)cc1C(C)C. The number of aromatic nitrogens is 2. The van der Waals surface area contributed by atoms with Crippen LogP contribution in [0.4, 0.5) is 0 Å². The van der Waals surface area contributed by atoms with Gasteiger partial charge in [-0.2, -0.15) is 0 Å². The van der Waals surface area contributed by atoms with Crippen LogP contribution < -0.4 is 21.1 Å². The Kier molecular flexibility index (Phi) is 12.8. The summed E-state index contributed by atoms with van der Waals surface area (Å²) in [6, 6.07) is 82.9. The molecule has 1 aliphatic heterocycles. The van der Waals surface area contributed by atoms with Crippen molar-refractivity contribution in [1.82, 2.24) is 9.13 Å². The highest BCUT2D eigenvalue weighted by Crippen LogP contribution is 2.40. The van der Waals surface area contributed by atoms with Gasteiger partial charge in [-0.05, 0) is 177 Å². The second-order valence-electron chi connectivity index (χ2n) is 24.5. The molecule has 4 heteroatoms. The molecule has 0 amide bonds. The van der Waals surface area contributed by atoms with E-state index in [9.17, 15) is 0 Å². The Morgan fingerprint density at radius 1 is 0.301 bits per heavy atom. The average molecular weight is 1070 g/mol. The molecule has 14 rings (SSSR count). The zero-order valence-corrected chi connectivity index (χ0v) is 49.4. The molecule has 1 aliphatic rings. The Balaban J connectivity index is 1.12. The fourth-order valence-electron chi connectivity index (χ4n) is 13.8. The molecular formula is C79H69BN2O. The van der Waals surface area contributed by atoms with Gasteiger partial charge in [0.25, 0.3) is 6.71 Å². The van der Waals surface area contributed by atoms with Crippen molar-refractivity contribution in [3.8, 4) is 22.9 Å². The van der Waals surface area contributed by atoms with E-state index in [-0.39, 0.29) is 18.5 Å². The maximum absolute atomic E-state index is 7.72. The fraction of sp³-hybridized carbons (Fsp3) is 0.165. The minimum atomic E-state index is -0.119. The quantitative estimate of drug-likeness (QED) is 0.152. The lowest BCUT2D eigenvalue weighted by Crippen LogP contribution is -2.57. The van der Waals surface area contributed by atoms with Crippen molar-refractivity contribution in [2.75, 3.05) is 0 Å². The van der Waals surface area contributed by atoms with Crippen LogP contribution in [0.1, 0.15) is 98.2 Å². The molecule has 0 bridgehead atoms. The van der Waals surface area contributed by atoms with Crippen LogP contribution in [0.5, 0.6) is 11.5 Å². The largest absolute Gasteiger partial charge is 0.458 e. The molecule has 404 valence electrons. The summed E-state index contributed by atoms with van der Waals surface area (Å²) >= 11 is 0. The Labute approximate surface area is 488 Å². The van der Waals surface area contributed by atoms with Crippen LogP contribution >= 0.6 is 0 Å². The number of aryl methyl sites for hydroxylation is 4. The van der Waals surface area contributed by atoms with E-state index in [1.54, 1.807) is 0 Å². The lowest BCUT2D eigenvalue weighted by atomic mass is 9.34. The van der Waals surface area contributed by atoms with Gasteiger partial charge in [0.1, 0.15) is 11.5 Å². The molecule has 13 aromatic rings. The summed E-state index contributed by atoms with van der Waals surface area (Å²) in [5.41, 5.74) is 19.3. The fourth-order valence-corrected chi connectivity index (χ4v) is 13.8. The molecule has 0 spiro atoms. The first-order valence-electron chi connectivity index (χ1n) is 29.8. The molecule has 2 aromatic heterocycles. The summed E-state index contributed by atoms with van der Waals surface area (Å²) in [5, 5.41) is 14.4. The molecule has 0 aliphatic carbocycles. The highest BCUT2D eigenvalue weighted by Gasteiger charge is 2.37. The number of hydrogen-bond donors (Lipinski definition) is 0. The van der Waals surface area contributed by atoms with Gasteiger partial charge in [-0.15, -0.1) is 0 Å². The predicted octanol–water partition coefficient (Wildman–Crippen LogP) is 20.0. The number of nitrogens with zero attached hydrogens (tertiary/aromatic N) is 2. The minimum Gasteiger partial charge on any atom is -0.458 e. The molecule has 11 aromatic carbocycles. The third-order valence-corrected chi connectivity index (χ3v) is 17.8. The summed E-state index contributed by atoms with van der Waals surface area (Å²) in [4.78, 5) is 0. The van der Waals surface area contributed by atoms with Crippen LogP contribution in [-0.4, -0.2) is 15.8 Å². The maximum atomic E-state index is 7.72. The van der Waals surface area contributed by atoms with E-state index in [1.807, 2.05) is 0 Å². The first-order chi connectivity index (χ1) is 40.3. The number of hydrogen-bond acceptors (Lipinski definition) is 1. The van der Waals surface area contributed by atoms with Gasteiger partial charge in [-0.3, -0.25) is 0 Å². The van der Waals surface area contributed by atoms with Gasteiger partial charge in [0.15, 0.2) is 0 Å². The molecule has 83 heavy (non-hydrogen) atoms. The molecule has 3 heterocycles. The third kappa shape index (κ3) is 8.72. The van der Waals surface area contributed by atoms with Crippen molar-refractivity contribution in [3.05, 3.63) is 257 Å². The molecule has 0 atom stereocenters. The van der Waals surface area contributed by atoms with Gasteiger partial charge >= 0.3 is 0 Å². The summed E-state index contributed by atoms with van der Waals surface area (Å²) in [5.74, 6) is 2.66. The normalized spacial score (nSPS) is 12.4. The number of ether oxygens (including phenoxy) is 1. The van der Waals surface area contributed by atoms with Crippen LogP contribution in [0.3, 0.4) is 0 Å². The number of rotatable bonds is 6. The van der Waals surface area contributed by atoms with Crippen molar-refractivity contribution in [3.63, 3.8) is 0 Å². The Morgan fingerprint density at radius 2 is 0.590 bits per heavy atom. The molecule has 0 radical (unpaired) electrons. The smallest absolute Gasteiger partial charge is 0.251 e. The molecule has 0 unspecified atom stereocenters. The standard InChI is InChI=1S/C79H69BN2O/c1-47(2)54-43-65(48(3)4)79(66(44-54)49(5)6)80-71-33-31-55(81-73-35-27-50(7)39-67(73)61-23-15-11-19-57(61)58-20-12-16-24-62(58)68-40-51(8)28-36-74(68)81)45-77(71)83-78-46-56(32-34-72(78)80)82-75-37-29-52(9)41-69(75)63-25-17-13-21-59(63)60-22-14-18-26-64(60)70-42-53(10)30-38-76(70)82/h11-49H,1-10H3. The minimum absolute atomic E-state index is 0.119. The zero-order chi connectivity index (χ0) is 56.9. The monoisotopic (exact) mass is 1070 g/mol. The number of fused-ring (bicyclic) bond motifs is 16. The Hall–Kier alpha value is -9.12. The topological polar surface area (TPSA) is 19.1 Å². The maximum Gasteiger partial charge on any atom is 0.251 e. The van der Waals surface area contributed by atoms with Crippen LogP contribution in [0.25, 0.3) is 98.1 Å². The van der Waals surface area contributed by atoms with Crippen molar-refractivity contribution in [2.24, 2.45) is 0 Å². The third-order valence-electron chi connectivity index (χ3n) is 17.8. The summed E-state index contributed by atoms with van der Waals surface area (Å²) < 4.78 is 12.7. The second-order valence-corrected chi connectivity index (χ2v) is 24.5. The van der Waals surface area contributed by atoms with Crippen LogP contribution in [0, 0.1) is 27.7 Å². The molecule has 3 nitrogen and oxygen atoms in total. The van der Waals surface area contributed by atoms with E-state index in [2.05, 4.69) is 297 Å². The van der Waals surface area contributed by atoms with Crippen LogP contribution in [0.2, 0.25) is 0 Å². The molecule has 0 fully saturated rings. The molecule has 0 saturated heterocycles. The highest BCUT2D eigenvalue weighted by molar-refractivity contribution is 6.97. The predicted molar refractivity (Wildman–Crippen MR) is 359 cm³/mol. The summed E-state index contributed by atoms with van der Waals surface area (Å²) in [6.07, 6.45) is 0. The van der Waals surface area contributed by atoms with E-state index in [0.717, 1.165) is 44.9 Å². The zero-order valence-electron chi connectivity index (χ0n) is 49.4. The lowest BCUT2D eigenvalue weighted by molar-refractivity contribution is 0.487. The second kappa shape index (κ2) is 20.4. The average Bonchev–Trinajstić information content (AvgIpc) is 2.36. The van der Waals surface area contributed by atoms with E-state index >= 15 is 0 Å². The summed E-state index contributed by atoms with van der Waals surface area (Å²) in [6.45, 7) is 22.9. The van der Waals surface area contributed by atoms with Gasteiger partial charge in [0.05, 0.1) is 22.1 Å². The van der Waals surface area contributed by atoms with E-state index < -0.39 is 0 Å². The first kappa shape index (κ1) is 52.0. The van der Waals surface area contributed by atoms with Crippen molar-refractivity contribution in [1.29, 1.82) is 0 Å².